The van der Waals surface area contributed by atoms with Crippen LogP contribution in [0.2, 0.25) is 10.0 Å². The van der Waals surface area contributed by atoms with E-state index in [-0.39, 0.29) is 22.4 Å². The van der Waals surface area contributed by atoms with Crippen molar-refractivity contribution in [2.24, 2.45) is 0 Å². The molecule has 0 bridgehead atoms. The quantitative estimate of drug-likeness (QED) is 0.544. The molecular formula is C20H11Cl2F2NO3. The summed E-state index contributed by atoms with van der Waals surface area (Å²) in [5.74, 6) is -0.565. The monoisotopic (exact) mass is 421 g/mol. The predicted octanol–water partition coefficient (Wildman–Crippen LogP) is 6.23. The van der Waals surface area contributed by atoms with Crippen LogP contribution in [0.1, 0.15) is 10.4 Å². The summed E-state index contributed by atoms with van der Waals surface area (Å²) in [4.78, 5) is 12.3. The highest BCUT2D eigenvalue weighted by molar-refractivity contribution is 6.34. The highest BCUT2D eigenvalue weighted by Gasteiger charge is 2.43. The number of ether oxygens (including phenoxy) is 2. The van der Waals surface area contributed by atoms with E-state index in [4.69, 9.17) is 23.2 Å². The average molecular weight is 422 g/mol. The van der Waals surface area contributed by atoms with E-state index in [1.807, 2.05) is 0 Å². The number of rotatable bonds is 3. The Hall–Kier alpha value is -2.83. The Labute approximate surface area is 168 Å². The van der Waals surface area contributed by atoms with Crippen LogP contribution in [0.25, 0.3) is 11.1 Å². The molecule has 1 aliphatic heterocycles. The molecular weight excluding hydrogens is 411 g/mol. The van der Waals surface area contributed by atoms with Gasteiger partial charge in [0, 0.05) is 17.3 Å². The highest BCUT2D eigenvalue weighted by Crippen LogP contribution is 2.46. The van der Waals surface area contributed by atoms with Crippen molar-refractivity contribution >= 4 is 34.8 Å². The van der Waals surface area contributed by atoms with Gasteiger partial charge in [0.1, 0.15) is 0 Å². The number of hydrogen-bond acceptors (Lipinski definition) is 3. The lowest BCUT2D eigenvalue weighted by atomic mass is 10.0. The zero-order valence-electron chi connectivity index (χ0n) is 14.0. The molecule has 4 nitrogen and oxygen atoms in total. The molecule has 0 atom stereocenters. The van der Waals surface area contributed by atoms with Crippen molar-refractivity contribution < 1.29 is 23.0 Å². The van der Waals surface area contributed by atoms with E-state index in [1.54, 1.807) is 48.5 Å². The van der Waals surface area contributed by atoms with Crippen LogP contribution in [-0.2, 0) is 0 Å². The molecule has 1 amide bonds. The van der Waals surface area contributed by atoms with Crippen LogP contribution >= 0.6 is 23.2 Å². The Morgan fingerprint density at radius 3 is 2.21 bits per heavy atom. The molecule has 3 aromatic carbocycles. The molecule has 0 unspecified atom stereocenters. The fraction of sp³-hybridized carbons (Fsp3) is 0.0500. The minimum Gasteiger partial charge on any atom is -0.395 e. The molecule has 0 aliphatic carbocycles. The van der Waals surface area contributed by atoms with Crippen LogP contribution in [0.3, 0.4) is 0 Å². The number of amides is 1. The minimum absolute atomic E-state index is 0.0968. The normalized spacial score (nSPS) is 14.0. The number of hydrogen-bond donors (Lipinski definition) is 1. The van der Waals surface area contributed by atoms with E-state index >= 15 is 0 Å². The first-order valence-corrected chi connectivity index (χ1v) is 8.84. The first-order valence-electron chi connectivity index (χ1n) is 8.08. The summed E-state index contributed by atoms with van der Waals surface area (Å²) < 4.78 is 35.3. The molecule has 0 saturated carbocycles. The lowest BCUT2D eigenvalue weighted by Gasteiger charge is -2.09. The van der Waals surface area contributed by atoms with Gasteiger partial charge in [-0.2, -0.15) is 0 Å². The molecule has 3 aromatic rings. The van der Waals surface area contributed by atoms with Crippen LogP contribution in [0.4, 0.5) is 14.5 Å². The number of halogens is 4. The zero-order valence-corrected chi connectivity index (χ0v) is 15.5. The van der Waals surface area contributed by atoms with Crippen molar-refractivity contribution in [3.63, 3.8) is 0 Å². The van der Waals surface area contributed by atoms with Gasteiger partial charge in [-0.25, -0.2) is 0 Å². The third kappa shape index (κ3) is 3.61. The van der Waals surface area contributed by atoms with E-state index < -0.39 is 6.29 Å². The maximum absolute atomic E-state index is 13.2. The van der Waals surface area contributed by atoms with Gasteiger partial charge in [0.25, 0.3) is 5.91 Å². The van der Waals surface area contributed by atoms with Gasteiger partial charge in [0.2, 0.25) is 0 Å². The molecule has 0 fully saturated rings. The van der Waals surface area contributed by atoms with Crippen LogP contribution < -0.4 is 14.8 Å². The van der Waals surface area contributed by atoms with Crippen molar-refractivity contribution in [3.8, 4) is 22.6 Å². The summed E-state index contributed by atoms with van der Waals surface area (Å²) in [7, 11) is 0. The van der Waals surface area contributed by atoms with Crippen molar-refractivity contribution in [2.45, 2.75) is 6.29 Å². The van der Waals surface area contributed by atoms with Crippen molar-refractivity contribution in [3.05, 3.63) is 76.3 Å². The van der Waals surface area contributed by atoms with E-state index in [0.717, 1.165) is 0 Å². The molecule has 8 heteroatoms. The summed E-state index contributed by atoms with van der Waals surface area (Å²) in [6, 6.07) is 16.1. The fourth-order valence-corrected chi connectivity index (χ4v) is 3.25. The second-order valence-corrected chi connectivity index (χ2v) is 6.77. The smallest absolute Gasteiger partial charge is 0.395 e. The highest BCUT2D eigenvalue weighted by atomic mass is 35.5. The van der Waals surface area contributed by atoms with Crippen molar-refractivity contribution in [1.29, 1.82) is 0 Å². The number of alkyl halides is 2. The lowest BCUT2D eigenvalue weighted by molar-refractivity contribution is -0.286. The summed E-state index contributed by atoms with van der Waals surface area (Å²) in [6.45, 7) is 0. The molecule has 1 aliphatic rings. The third-order valence-electron chi connectivity index (χ3n) is 4.06. The zero-order chi connectivity index (χ0) is 19.9. The summed E-state index contributed by atoms with van der Waals surface area (Å²) in [5, 5.41) is 3.32. The number of carbonyl (C=O) groups excluding carboxylic acids is 1. The molecule has 1 N–H and O–H groups in total. The molecule has 0 saturated heterocycles. The first-order chi connectivity index (χ1) is 13.3. The van der Waals surface area contributed by atoms with Gasteiger partial charge in [-0.3, -0.25) is 4.79 Å². The standard InChI is InChI=1S/C20H11Cl2F2NO3/c21-15-4-2-1-3-13(15)19(26)25-12-7-5-11(6-8-12)14-9-17-18(10-16(14)22)28-20(23,24)27-17/h1-10H,(H,25,26). The number of carbonyl (C=O) groups is 1. The van der Waals surface area contributed by atoms with Crippen LogP contribution in [0.5, 0.6) is 11.5 Å². The average Bonchev–Trinajstić information content (AvgIpc) is 2.95. The maximum Gasteiger partial charge on any atom is 0.586 e. The number of nitrogens with one attached hydrogen (secondary N) is 1. The molecule has 0 radical (unpaired) electrons. The molecule has 1 heterocycles. The Morgan fingerprint density at radius 2 is 1.54 bits per heavy atom. The van der Waals surface area contributed by atoms with Gasteiger partial charge in [-0.15, -0.1) is 8.78 Å². The fourth-order valence-electron chi connectivity index (χ4n) is 2.77. The van der Waals surface area contributed by atoms with Crippen molar-refractivity contribution in [1.82, 2.24) is 0 Å². The number of fused-ring (bicyclic) bond motifs is 1. The molecule has 0 spiro atoms. The van der Waals surface area contributed by atoms with Crippen LogP contribution in [-0.4, -0.2) is 12.2 Å². The van der Waals surface area contributed by atoms with Gasteiger partial charge < -0.3 is 14.8 Å². The van der Waals surface area contributed by atoms with E-state index in [2.05, 4.69) is 14.8 Å². The van der Waals surface area contributed by atoms with E-state index in [1.165, 1.54) is 12.1 Å². The topological polar surface area (TPSA) is 47.6 Å². The SMILES string of the molecule is O=C(Nc1ccc(-c2cc3c(cc2Cl)OC(F)(F)O3)cc1)c1ccccc1Cl. The van der Waals surface area contributed by atoms with Gasteiger partial charge in [-0.1, -0.05) is 47.5 Å². The Balaban J connectivity index is 1.56. The minimum atomic E-state index is -3.71. The number of benzene rings is 3. The van der Waals surface area contributed by atoms with Gasteiger partial charge in [0.15, 0.2) is 11.5 Å². The van der Waals surface area contributed by atoms with Crippen LogP contribution in [0, 0.1) is 0 Å². The van der Waals surface area contributed by atoms with E-state index in [0.29, 0.717) is 27.4 Å². The molecule has 0 aromatic heterocycles. The summed E-state index contributed by atoms with van der Waals surface area (Å²) in [6.07, 6.45) is -3.71. The molecule has 28 heavy (non-hydrogen) atoms. The second kappa shape index (κ2) is 6.96. The largest absolute Gasteiger partial charge is 0.586 e. The van der Waals surface area contributed by atoms with Crippen molar-refractivity contribution in [2.75, 3.05) is 5.32 Å². The molecule has 142 valence electrons. The van der Waals surface area contributed by atoms with Gasteiger partial charge in [-0.05, 0) is 35.9 Å². The third-order valence-corrected chi connectivity index (χ3v) is 4.71. The van der Waals surface area contributed by atoms with Crippen LogP contribution in [0.15, 0.2) is 60.7 Å². The first kappa shape index (κ1) is 18.5. The molecule has 4 rings (SSSR count). The summed E-state index contributed by atoms with van der Waals surface area (Å²) in [5.41, 5.74) is 2.04. The number of anilines is 1. The van der Waals surface area contributed by atoms with E-state index in [9.17, 15) is 13.6 Å². The Morgan fingerprint density at radius 1 is 0.893 bits per heavy atom. The van der Waals surface area contributed by atoms with Gasteiger partial charge >= 0.3 is 6.29 Å². The lowest BCUT2D eigenvalue weighted by Crippen LogP contribution is -2.25. The Kier molecular flexibility index (Phi) is 4.61. The second-order valence-electron chi connectivity index (χ2n) is 5.96. The maximum atomic E-state index is 13.2. The predicted molar refractivity (Wildman–Crippen MR) is 102 cm³/mol. The Bertz CT molecular complexity index is 1070. The van der Waals surface area contributed by atoms with Gasteiger partial charge in [0.05, 0.1) is 15.6 Å². The summed E-state index contributed by atoms with van der Waals surface area (Å²) >= 11 is 12.2.